The van der Waals surface area contributed by atoms with E-state index >= 15 is 0 Å². The van der Waals surface area contributed by atoms with Gasteiger partial charge in [0.15, 0.2) is 0 Å². The topological polar surface area (TPSA) is 87.5 Å². The number of amides is 3. The van der Waals surface area contributed by atoms with Crippen molar-refractivity contribution < 1.29 is 9.59 Å². The Morgan fingerprint density at radius 3 is 2.27 bits per heavy atom. The Bertz CT molecular complexity index is 603. The summed E-state index contributed by atoms with van der Waals surface area (Å²) in [5.74, 6) is 0.378. The van der Waals surface area contributed by atoms with E-state index in [0.29, 0.717) is 12.5 Å². The van der Waals surface area contributed by atoms with Crippen LogP contribution in [0, 0.1) is 0 Å². The van der Waals surface area contributed by atoms with Gasteiger partial charge in [-0.2, -0.15) is 0 Å². The van der Waals surface area contributed by atoms with Gasteiger partial charge in [0.2, 0.25) is 5.91 Å². The minimum Gasteiger partial charge on any atom is -0.369 e. The summed E-state index contributed by atoms with van der Waals surface area (Å²) >= 11 is 0. The van der Waals surface area contributed by atoms with Crippen molar-refractivity contribution in [1.29, 1.82) is 0 Å². The summed E-state index contributed by atoms with van der Waals surface area (Å²) in [5, 5.41) is 5.95. The molecule has 4 N–H and O–H groups in total. The van der Waals surface area contributed by atoms with Crippen LogP contribution in [-0.4, -0.2) is 42.5 Å². The molecule has 1 aromatic carbocycles. The van der Waals surface area contributed by atoms with E-state index in [1.807, 2.05) is 17.0 Å². The largest absolute Gasteiger partial charge is 0.369 e. The highest BCUT2D eigenvalue weighted by molar-refractivity contribution is 5.89. The smallest absolute Gasteiger partial charge is 0.319 e. The van der Waals surface area contributed by atoms with Gasteiger partial charge < -0.3 is 16.4 Å². The van der Waals surface area contributed by atoms with Crippen molar-refractivity contribution in [3.63, 3.8) is 0 Å². The van der Waals surface area contributed by atoms with Crippen molar-refractivity contribution in [2.75, 3.05) is 25.0 Å². The number of urea groups is 1. The molecule has 2 aliphatic rings. The van der Waals surface area contributed by atoms with Crippen LogP contribution < -0.4 is 16.4 Å². The molecule has 1 aromatic rings. The Morgan fingerprint density at radius 2 is 1.65 bits per heavy atom. The molecule has 142 valence electrons. The van der Waals surface area contributed by atoms with Crippen LogP contribution in [0.25, 0.3) is 0 Å². The molecular weight excluding hydrogens is 328 g/mol. The van der Waals surface area contributed by atoms with Crippen LogP contribution in [-0.2, 0) is 4.79 Å². The second-order valence-electron chi connectivity index (χ2n) is 7.57. The Balaban J connectivity index is 1.43. The maximum atomic E-state index is 12.2. The molecule has 0 bridgehead atoms. The normalized spacial score (nSPS) is 19.8. The number of hydrogen-bond donors (Lipinski definition) is 3. The minimum absolute atomic E-state index is 0.139. The third kappa shape index (κ3) is 5.46. The first-order valence-electron chi connectivity index (χ1n) is 9.78. The molecule has 1 saturated heterocycles. The highest BCUT2D eigenvalue weighted by atomic mass is 16.2. The van der Waals surface area contributed by atoms with Crippen molar-refractivity contribution in [3.05, 3.63) is 29.8 Å². The van der Waals surface area contributed by atoms with E-state index in [4.69, 9.17) is 5.73 Å². The fraction of sp³-hybridized carbons (Fsp3) is 0.600. The highest BCUT2D eigenvalue weighted by Crippen LogP contribution is 2.32. The molecule has 1 saturated carbocycles. The molecule has 6 heteroatoms. The lowest BCUT2D eigenvalue weighted by Crippen LogP contribution is -2.47. The molecule has 3 rings (SSSR count). The molecule has 2 fully saturated rings. The number of piperidine rings is 1. The quantitative estimate of drug-likeness (QED) is 0.756. The summed E-state index contributed by atoms with van der Waals surface area (Å²) in [7, 11) is 0. The number of anilines is 1. The van der Waals surface area contributed by atoms with E-state index in [0.717, 1.165) is 31.6 Å². The van der Waals surface area contributed by atoms with Gasteiger partial charge in [-0.25, -0.2) is 4.79 Å². The van der Waals surface area contributed by atoms with Crippen molar-refractivity contribution in [1.82, 2.24) is 10.2 Å². The first-order chi connectivity index (χ1) is 12.6. The third-order valence-corrected chi connectivity index (χ3v) is 5.55. The van der Waals surface area contributed by atoms with Crippen molar-refractivity contribution in [3.8, 4) is 0 Å². The van der Waals surface area contributed by atoms with Gasteiger partial charge in [-0.05, 0) is 49.3 Å². The molecule has 1 heterocycles. The predicted molar refractivity (Wildman–Crippen MR) is 103 cm³/mol. The second-order valence-corrected chi connectivity index (χ2v) is 7.57. The Labute approximate surface area is 155 Å². The summed E-state index contributed by atoms with van der Waals surface area (Å²) in [6, 6.07) is 8.27. The number of carbonyl (C=O) groups is 2. The monoisotopic (exact) mass is 358 g/mol. The fourth-order valence-electron chi connectivity index (χ4n) is 4.08. The van der Waals surface area contributed by atoms with Crippen molar-refractivity contribution >= 4 is 17.6 Å². The van der Waals surface area contributed by atoms with Gasteiger partial charge in [0.25, 0.3) is 0 Å². The van der Waals surface area contributed by atoms with Gasteiger partial charge in [0.05, 0.1) is 6.54 Å². The predicted octanol–water partition coefficient (Wildman–Crippen LogP) is 2.81. The Kier molecular flexibility index (Phi) is 6.50. The molecule has 1 aliphatic heterocycles. The SMILES string of the molecule is NC(=O)CN1CCC(NC(=O)Nc2ccc(C3CCCCC3)cc2)CC1. The van der Waals surface area contributed by atoms with E-state index in [9.17, 15) is 9.59 Å². The average molecular weight is 358 g/mol. The van der Waals surface area contributed by atoms with E-state index in [1.54, 1.807) is 0 Å². The summed E-state index contributed by atoms with van der Waals surface area (Å²) < 4.78 is 0. The summed E-state index contributed by atoms with van der Waals surface area (Å²) in [6.07, 6.45) is 8.24. The fourth-order valence-corrected chi connectivity index (χ4v) is 4.08. The van der Waals surface area contributed by atoms with Gasteiger partial charge in [-0.1, -0.05) is 31.4 Å². The van der Waals surface area contributed by atoms with Crippen LogP contribution in [0.3, 0.4) is 0 Å². The first kappa shape index (κ1) is 18.7. The highest BCUT2D eigenvalue weighted by Gasteiger charge is 2.21. The van der Waals surface area contributed by atoms with Crippen LogP contribution in [0.1, 0.15) is 56.4 Å². The maximum Gasteiger partial charge on any atom is 0.319 e. The number of rotatable bonds is 5. The molecular formula is C20H30N4O2. The number of nitrogens with zero attached hydrogens (tertiary/aromatic N) is 1. The van der Waals surface area contributed by atoms with Gasteiger partial charge in [-0.3, -0.25) is 9.69 Å². The molecule has 0 spiro atoms. The Morgan fingerprint density at radius 1 is 1.00 bits per heavy atom. The summed E-state index contributed by atoms with van der Waals surface area (Å²) in [6.45, 7) is 1.86. The van der Waals surface area contributed by atoms with Gasteiger partial charge in [0, 0.05) is 24.8 Å². The number of likely N-dealkylation sites (tertiary alicyclic amines) is 1. The second kappa shape index (κ2) is 9.03. The molecule has 0 atom stereocenters. The molecule has 6 nitrogen and oxygen atoms in total. The Hall–Kier alpha value is -2.08. The molecule has 1 aliphatic carbocycles. The van der Waals surface area contributed by atoms with Gasteiger partial charge in [-0.15, -0.1) is 0 Å². The minimum atomic E-state index is -0.300. The standard InChI is InChI=1S/C20H30N4O2/c21-19(25)14-24-12-10-18(11-13-24)23-20(26)22-17-8-6-16(7-9-17)15-4-2-1-3-5-15/h6-9,15,18H,1-5,10-14H2,(H2,21,25)(H2,22,23,26). The lowest BCUT2D eigenvalue weighted by atomic mass is 9.84. The van der Waals surface area contributed by atoms with Crippen molar-refractivity contribution in [2.45, 2.75) is 56.9 Å². The summed E-state index contributed by atoms with van der Waals surface area (Å²) in [4.78, 5) is 25.2. The van der Waals surface area contributed by atoms with E-state index in [1.165, 1.54) is 37.7 Å². The molecule has 0 unspecified atom stereocenters. The first-order valence-corrected chi connectivity index (χ1v) is 9.78. The molecule has 0 aromatic heterocycles. The lowest BCUT2D eigenvalue weighted by molar-refractivity contribution is -0.119. The maximum absolute atomic E-state index is 12.2. The van der Waals surface area contributed by atoms with Crippen LogP contribution in [0.15, 0.2) is 24.3 Å². The van der Waals surface area contributed by atoms with E-state index < -0.39 is 0 Å². The van der Waals surface area contributed by atoms with E-state index in [2.05, 4.69) is 22.8 Å². The van der Waals surface area contributed by atoms with Crippen LogP contribution >= 0.6 is 0 Å². The van der Waals surface area contributed by atoms with Gasteiger partial charge in [0.1, 0.15) is 0 Å². The average Bonchev–Trinajstić information content (AvgIpc) is 2.64. The van der Waals surface area contributed by atoms with Crippen LogP contribution in [0.4, 0.5) is 10.5 Å². The zero-order valence-electron chi connectivity index (χ0n) is 15.4. The van der Waals surface area contributed by atoms with Crippen LogP contribution in [0.2, 0.25) is 0 Å². The number of hydrogen-bond acceptors (Lipinski definition) is 3. The number of nitrogens with two attached hydrogens (primary N) is 1. The summed E-state index contributed by atoms with van der Waals surface area (Å²) in [5.41, 5.74) is 7.44. The van der Waals surface area contributed by atoms with Gasteiger partial charge >= 0.3 is 6.03 Å². The number of primary amides is 1. The van der Waals surface area contributed by atoms with E-state index in [-0.39, 0.29) is 18.0 Å². The zero-order valence-corrected chi connectivity index (χ0v) is 15.4. The van der Waals surface area contributed by atoms with Crippen molar-refractivity contribution in [2.24, 2.45) is 5.73 Å². The molecule has 0 radical (unpaired) electrons. The lowest BCUT2D eigenvalue weighted by Gasteiger charge is -2.31. The third-order valence-electron chi connectivity index (χ3n) is 5.55. The number of nitrogens with one attached hydrogen (secondary N) is 2. The number of benzene rings is 1. The number of carbonyl (C=O) groups excluding carboxylic acids is 2. The molecule has 3 amide bonds. The molecule has 26 heavy (non-hydrogen) atoms. The van der Waals surface area contributed by atoms with Crippen LogP contribution in [0.5, 0.6) is 0 Å². The zero-order chi connectivity index (χ0) is 18.4.